The summed E-state index contributed by atoms with van der Waals surface area (Å²) >= 11 is 0. The lowest BCUT2D eigenvalue weighted by molar-refractivity contribution is -0.368. The summed E-state index contributed by atoms with van der Waals surface area (Å²) in [7, 11) is 0. The third-order valence-electron chi connectivity index (χ3n) is 2.11. The Kier molecular flexibility index (Phi) is 6.07. The van der Waals surface area contributed by atoms with Crippen LogP contribution >= 0.6 is 0 Å². The minimum Gasteiger partial charge on any atom is -0.463 e. The summed E-state index contributed by atoms with van der Waals surface area (Å²) < 4.78 is 9.96. The standard InChI is InChI=1S/C11H18O5/c1-3-13-11(12)9(2)6-8-15-16-10-5-4-7-14-10/h10H,2-8H2,1H3. The molecule has 92 valence electrons. The first-order valence-electron chi connectivity index (χ1n) is 5.48. The van der Waals surface area contributed by atoms with Gasteiger partial charge in [-0.05, 0) is 13.3 Å². The molecule has 0 radical (unpaired) electrons. The number of carbonyl (C=O) groups excluding carboxylic acids is 1. The fourth-order valence-electron chi connectivity index (χ4n) is 1.25. The molecular formula is C11H18O5. The van der Waals surface area contributed by atoms with Gasteiger partial charge < -0.3 is 9.47 Å². The first-order valence-corrected chi connectivity index (χ1v) is 5.48. The van der Waals surface area contributed by atoms with E-state index in [9.17, 15) is 4.79 Å². The van der Waals surface area contributed by atoms with Gasteiger partial charge in [0.1, 0.15) is 0 Å². The maximum Gasteiger partial charge on any atom is 0.333 e. The largest absolute Gasteiger partial charge is 0.463 e. The van der Waals surface area contributed by atoms with E-state index in [1.165, 1.54) is 0 Å². The Hall–Kier alpha value is -0.910. The van der Waals surface area contributed by atoms with E-state index in [2.05, 4.69) is 6.58 Å². The molecule has 1 aliphatic heterocycles. The lowest BCUT2D eigenvalue weighted by Gasteiger charge is -2.10. The fraction of sp³-hybridized carbons (Fsp3) is 0.727. The van der Waals surface area contributed by atoms with Crippen molar-refractivity contribution in [3.05, 3.63) is 12.2 Å². The summed E-state index contributed by atoms with van der Waals surface area (Å²) in [5, 5.41) is 0. The van der Waals surface area contributed by atoms with Crippen molar-refractivity contribution < 1.29 is 24.0 Å². The molecule has 1 aliphatic rings. The van der Waals surface area contributed by atoms with E-state index in [0.717, 1.165) is 12.8 Å². The molecule has 1 fully saturated rings. The normalized spacial score (nSPS) is 19.7. The van der Waals surface area contributed by atoms with Gasteiger partial charge in [0.2, 0.25) is 0 Å². The molecule has 1 unspecified atom stereocenters. The summed E-state index contributed by atoms with van der Waals surface area (Å²) in [5.41, 5.74) is 0.387. The van der Waals surface area contributed by atoms with Gasteiger partial charge in [0.15, 0.2) is 6.29 Å². The molecule has 0 aliphatic carbocycles. The van der Waals surface area contributed by atoms with Gasteiger partial charge in [-0.1, -0.05) is 6.58 Å². The zero-order valence-corrected chi connectivity index (χ0v) is 9.57. The van der Waals surface area contributed by atoms with Crippen molar-refractivity contribution in [2.75, 3.05) is 19.8 Å². The molecule has 0 N–H and O–H groups in total. The highest BCUT2D eigenvalue weighted by Gasteiger charge is 2.16. The first-order chi connectivity index (χ1) is 7.74. The number of rotatable bonds is 7. The lowest BCUT2D eigenvalue weighted by Crippen LogP contribution is -2.13. The number of esters is 1. The molecule has 1 saturated heterocycles. The van der Waals surface area contributed by atoms with Crippen molar-refractivity contribution in [1.82, 2.24) is 0 Å². The van der Waals surface area contributed by atoms with Crippen LogP contribution in [-0.4, -0.2) is 32.1 Å². The molecule has 1 atom stereocenters. The molecule has 0 bridgehead atoms. The summed E-state index contributed by atoms with van der Waals surface area (Å²) in [6.07, 6.45) is 1.96. The lowest BCUT2D eigenvalue weighted by atomic mass is 10.2. The summed E-state index contributed by atoms with van der Waals surface area (Å²) in [6, 6.07) is 0. The van der Waals surface area contributed by atoms with Crippen molar-refractivity contribution in [2.45, 2.75) is 32.5 Å². The Balaban J connectivity index is 2.01. The summed E-state index contributed by atoms with van der Waals surface area (Å²) in [6.45, 7) is 6.69. The zero-order chi connectivity index (χ0) is 11.8. The molecule has 0 aromatic carbocycles. The Morgan fingerprint density at radius 2 is 2.38 bits per heavy atom. The molecule has 16 heavy (non-hydrogen) atoms. The van der Waals surface area contributed by atoms with Gasteiger partial charge in [-0.2, -0.15) is 0 Å². The van der Waals surface area contributed by atoms with Crippen molar-refractivity contribution >= 4 is 5.97 Å². The van der Waals surface area contributed by atoms with Gasteiger partial charge in [-0.25, -0.2) is 14.6 Å². The molecule has 0 spiro atoms. The van der Waals surface area contributed by atoms with E-state index in [1.54, 1.807) is 6.92 Å². The van der Waals surface area contributed by atoms with Gasteiger partial charge in [0.25, 0.3) is 0 Å². The quantitative estimate of drug-likeness (QED) is 0.218. The van der Waals surface area contributed by atoms with Gasteiger partial charge in [0.05, 0.1) is 19.8 Å². The van der Waals surface area contributed by atoms with Crippen LogP contribution in [0.2, 0.25) is 0 Å². The minimum atomic E-state index is -0.386. The third kappa shape index (κ3) is 4.74. The Morgan fingerprint density at radius 3 is 3.00 bits per heavy atom. The second-order valence-corrected chi connectivity index (χ2v) is 3.43. The highest BCUT2D eigenvalue weighted by Crippen LogP contribution is 2.13. The predicted octanol–water partition coefficient (Wildman–Crippen LogP) is 1.58. The molecule has 0 amide bonds. The van der Waals surface area contributed by atoms with E-state index in [1.807, 2.05) is 0 Å². The average molecular weight is 230 g/mol. The van der Waals surface area contributed by atoms with Gasteiger partial charge >= 0.3 is 5.97 Å². The van der Waals surface area contributed by atoms with Crippen LogP contribution in [0.4, 0.5) is 0 Å². The molecular weight excluding hydrogens is 212 g/mol. The van der Waals surface area contributed by atoms with Crippen LogP contribution in [0.5, 0.6) is 0 Å². The monoisotopic (exact) mass is 230 g/mol. The maximum absolute atomic E-state index is 11.2. The fourth-order valence-corrected chi connectivity index (χ4v) is 1.25. The highest BCUT2D eigenvalue weighted by molar-refractivity contribution is 5.87. The number of carbonyl (C=O) groups is 1. The number of hydrogen-bond acceptors (Lipinski definition) is 5. The first kappa shape index (κ1) is 13.2. The topological polar surface area (TPSA) is 54.0 Å². The van der Waals surface area contributed by atoms with Gasteiger partial charge in [0, 0.05) is 18.4 Å². The SMILES string of the molecule is C=C(CCOOC1CCCO1)C(=O)OCC. The van der Waals surface area contributed by atoms with E-state index >= 15 is 0 Å². The number of ether oxygens (including phenoxy) is 2. The van der Waals surface area contributed by atoms with Crippen LogP contribution in [0.15, 0.2) is 12.2 Å². The van der Waals surface area contributed by atoms with Crippen LogP contribution in [0.25, 0.3) is 0 Å². The van der Waals surface area contributed by atoms with E-state index in [-0.39, 0.29) is 18.9 Å². The van der Waals surface area contributed by atoms with Crippen molar-refractivity contribution in [2.24, 2.45) is 0 Å². The molecule has 1 heterocycles. The molecule has 0 saturated carbocycles. The second-order valence-electron chi connectivity index (χ2n) is 3.43. The highest BCUT2D eigenvalue weighted by atomic mass is 17.2. The van der Waals surface area contributed by atoms with Crippen molar-refractivity contribution in [3.8, 4) is 0 Å². The van der Waals surface area contributed by atoms with Crippen LogP contribution in [0.1, 0.15) is 26.2 Å². The maximum atomic E-state index is 11.2. The van der Waals surface area contributed by atoms with E-state index in [0.29, 0.717) is 25.2 Å². The zero-order valence-electron chi connectivity index (χ0n) is 9.57. The molecule has 5 nitrogen and oxygen atoms in total. The molecule has 0 aromatic heterocycles. The smallest absolute Gasteiger partial charge is 0.333 e. The minimum absolute atomic E-state index is 0.268. The number of hydrogen-bond donors (Lipinski definition) is 0. The van der Waals surface area contributed by atoms with Crippen LogP contribution in [0, 0.1) is 0 Å². The Bertz CT molecular complexity index is 233. The van der Waals surface area contributed by atoms with Crippen molar-refractivity contribution in [1.29, 1.82) is 0 Å². The molecule has 5 heteroatoms. The van der Waals surface area contributed by atoms with Gasteiger partial charge in [-0.3, -0.25) is 0 Å². The third-order valence-corrected chi connectivity index (χ3v) is 2.11. The van der Waals surface area contributed by atoms with Crippen LogP contribution < -0.4 is 0 Å². The average Bonchev–Trinajstić information content (AvgIpc) is 2.77. The predicted molar refractivity (Wildman–Crippen MR) is 56.4 cm³/mol. The Morgan fingerprint density at radius 1 is 1.56 bits per heavy atom. The summed E-state index contributed by atoms with van der Waals surface area (Å²) in [5.74, 6) is -0.386. The Labute approximate surface area is 95.2 Å². The molecule has 0 aromatic rings. The van der Waals surface area contributed by atoms with E-state index in [4.69, 9.17) is 19.2 Å². The van der Waals surface area contributed by atoms with E-state index < -0.39 is 0 Å². The second kappa shape index (κ2) is 7.38. The van der Waals surface area contributed by atoms with Gasteiger partial charge in [-0.15, -0.1) is 0 Å². The van der Waals surface area contributed by atoms with Crippen LogP contribution in [-0.2, 0) is 24.0 Å². The molecule has 1 rings (SSSR count). The van der Waals surface area contributed by atoms with Crippen LogP contribution in [0.3, 0.4) is 0 Å². The van der Waals surface area contributed by atoms with Crippen molar-refractivity contribution in [3.63, 3.8) is 0 Å². The summed E-state index contributed by atoms with van der Waals surface area (Å²) in [4.78, 5) is 21.1.